The first-order valence-corrected chi connectivity index (χ1v) is 15.1. The Labute approximate surface area is 253 Å². The Morgan fingerprint density at radius 1 is 0.837 bits per heavy atom. The van der Waals surface area contributed by atoms with Gasteiger partial charge in [-0.05, 0) is 90.1 Å². The van der Waals surface area contributed by atoms with Crippen LogP contribution in [0.3, 0.4) is 0 Å². The number of fused-ring (bicyclic) bond motifs is 1. The Morgan fingerprint density at radius 2 is 1.42 bits per heavy atom. The second-order valence-corrected chi connectivity index (χ2v) is 13.6. The predicted molar refractivity (Wildman–Crippen MR) is 166 cm³/mol. The van der Waals surface area contributed by atoms with Gasteiger partial charge in [0.05, 0.1) is 11.1 Å². The quantitative estimate of drug-likeness (QED) is 0.255. The van der Waals surface area contributed by atoms with E-state index in [0.29, 0.717) is 48.2 Å². The van der Waals surface area contributed by atoms with Crippen molar-refractivity contribution < 1.29 is 26.3 Å². The summed E-state index contributed by atoms with van der Waals surface area (Å²) in [6, 6.07) is 7.84. The Hall–Kier alpha value is -2.90. The van der Waals surface area contributed by atoms with Gasteiger partial charge < -0.3 is 10.2 Å². The molecule has 2 aromatic carbocycles. The third kappa shape index (κ3) is 8.39. The third-order valence-electron chi connectivity index (χ3n) is 8.28. The van der Waals surface area contributed by atoms with Crippen LogP contribution in [0.4, 0.5) is 37.7 Å². The van der Waals surface area contributed by atoms with Crippen LogP contribution in [0.1, 0.15) is 96.9 Å². The number of allylic oxidation sites excluding steroid dienone is 4. The van der Waals surface area contributed by atoms with Gasteiger partial charge in [0, 0.05) is 35.6 Å². The molecule has 1 aliphatic rings. The molecule has 0 aromatic heterocycles. The second-order valence-electron chi connectivity index (χ2n) is 13.6. The van der Waals surface area contributed by atoms with Crippen molar-refractivity contribution in [1.82, 2.24) is 0 Å². The van der Waals surface area contributed by atoms with Gasteiger partial charge in [-0.15, -0.1) is 0 Å². The van der Waals surface area contributed by atoms with Crippen molar-refractivity contribution in [3.05, 3.63) is 82.6 Å². The molecule has 0 amide bonds. The van der Waals surface area contributed by atoms with Gasteiger partial charge in [-0.3, -0.25) is 0 Å². The largest absolute Gasteiger partial charge is 0.416 e. The van der Waals surface area contributed by atoms with E-state index in [1.807, 2.05) is 45.9 Å². The average Bonchev–Trinajstić information content (AvgIpc) is 3.09. The number of hydrogen-bond acceptors (Lipinski definition) is 2. The summed E-state index contributed by atoms with van der Waals surface area (Å²) >= 11 is 0. The minimum atomic E-state index is -4.45. The third-order valence-corrected chi connectivity index (χ3v) is 8.28. The van der Waals surface area contributed by atoms with Crippen LogP contribution in [0.2, 0.25) is 0 Å². The van der Waals surface area contributed by atoms with E-state index in [-0.39, 0.29) is 0 Å². The SMILES string of the molecule is CC(C)CCNc1ccc(C(F)(F)F)cc1C(C)(C)C/C=C/C=C1/N(CCC(C)C)c2ccc(C(F)(F)F)cc2C1(C)C. The summed E-state index contributed by atoms with van der Waals surface area (Å²) in [5, 5.41) is 3.34. The van der Waals surface area contributed by atoms with Crippen LogP contribution in [-0.4, -0.2) is 13.1 Å². The molecule has 238 valence electrons. The van der Waals surface area contributed by atoms with E-state index in [1.165, 1.54) is 18.2 Å². The Kier molecular flexibility index (Phi) is 10.4. The lowest BCUT2D eigenvalue weighted by atomic mass is 9.79. The number of benzene rings is 2. The molecule has 2 nitrogen and oxygen atoms in total. The molecule has 0 bridgehead atoms. The van der Waals surface area contributed by atoms with E-state index in [4.69, 9.17) is 0 Å². The van der Waals surface area contributed by atoms with Gasteiger partial charge in [-0.25, -0.2) is 0 Å². The van der Waals surface area contributed by atoms with Gasteiger partial charge in [0.2, 0.25) is 0 Å². The van der Waals surface area contributed by atoms with Crippen molar-refractivity contribution in [2.75, 3.05) is 23.3 Å². The summed E-state index contributed by atoms with van der Waals surface area (Å²) in [4.78, 5) is 2.11. The van der Waals surface area contributed by atoms with Gasteiger partial charge in [0.1, 0.15) is 0 Å². The number of nitrogens with one attached hydrogen (secondary N) is 1. The molecule has 1 aliphatic heterocycles. The standard InChI is InChI=1S/C35H46F6N2/c1-23(2)16-19-42-29-14-12-25(34(36,37)38)21-27(29)32(5,6)18-10-9-11-31-33(7,8)28-22-26(35(39,40)41)13-15-30(28)43(31)20-17-24(3)4/h9-15,21-24,42H,16-20H2,1-8H3/b10-9+,31-11+. The Bertz CT molecular complexity index is 1310. The summed E-state index contributed by atoms with van der Waals surface area (Å²) < 4.78 is 81.6. The molecule has 0 aliphatic carbocycles. The Balaban J connectivity index is 1.94. The smallest absolute Gasteiger partial charge is 0.385 e. The molecule has 2 aromatic rings. The molecule has 0 radical (unpaired) electrons. The van der Waals surface area contributed by atoms with E-state index in [0.717, 1.165) is 36.4 Å². The molecule has 0 spiro atoms. The van der Waals surface area contributed by atoms with Crippen LogP contribution in [-0.2, 0) is 23.2 Å². The van der Waals surface area contributed by atoms with Crippen LogP contribution < -0.4 is 10.2 Å². The van der Waals surface area contributed by atoms with E-state index in [2.05, 4.69) is 37.9 Å². The maximum Gasteiger partial charge on any atom is 0.416 e. The lowest BCUT2D eigenvalue weighted by molar-refractivity contribution is -0.138. The number of rotatable bonds is 11. The summed E-state index contributed by atoms with van der Waals surface area (Å²) in [6.45, 7) is 17.5. The lowest BCUT2D eigenvalue weighted by Crippen LogP contribution is -2.27. The zero-order valence-electron chi connectivity index (χ0n) is 26.6. The fraction of sp³-hybridized carbons (Fsp3) is 0.543. The van der Waals surface area contributed by atoms with E-state index in [9.17, 15) is 26.3 Å². The molecule has 43 heavy (non-hydrogen) atoms. The first kappa shape index (κ1) is 34.6. The van der Waals surface area contributed by atoms with Gasteiger partial charge >= 0.3 is 12.4 Å². The summed E-state index contributed by atoms with van der Waals surface area (Å²) in [5.74, 6) is 0.871. The highest BCUT2D eigenvalue weighted by atomic mass is 19.4. The Morgan fingerprint density at radius 3 is 2.00 bits per heavy atom. The molecule has 0 fully saturated rings. The zero-order chi connectivity index (χ0) is 32.4. The first-order chi connectivity index (χ1) is 19.7. The number of anilines is 2. The second kappa shape index (κ2) is 13.0. The van der Waals surface area contributed by atoms with Gasteiger partial charge in [0.25, 0.3) is 0 Å². The molecule has 1 N–H and O–H groups in total. The highest BCUT2D eigenvalue weighted by molar-refractivity contribution is 5.71. The van der Waals surface area contributed by atoms with Crippen molar-refractivity contribution in [3.8, 4) is 0 Å². The lowest BCUT2D eigenvalue weighted by Gasteiger charge is -2.29. The van der Waals surface area contributed by atoms with Gasteiger partial charge in [0.15, 0.2) is 0 Å². The van der Waals surface area contributed by atoms with Crippen LogP contribution in [0.25, 0.3) is 0 Å². The van der Waals surface area contributed by atoms with E-state index in [1.54, 1.807) is 6.07 Å². The highest BCUT2D eigenvalue weighted by Gasteiger charge is 2.42. The molecule has 1 heterocycles. The summed E-state index contributed by atoms with van der Waals surface area (Å²) in [7, 11) is 0. The molecule has 0 saturated carbocycles. The van der Waals surface area contributed by atoms with Crippen molar-refractivity contribution in [2.45, 2.75) is 97.8 Å². The summed E-state index contributed by atoms with van der Waals surface area (Å²) in [6.07, 6.45) is -0.889. The van der Waals surface area contributed by atoms with Gasteiger partial charge in [-0.2, -0.15) is 26.3 Å². The highest BCUT2D eigenvalue weighted by Crippen LogP contribution is 2.49. The molecular weight excluding hydrogens is 562 g/mol. The number of nitrogens with zero attached hydrogens (tertiary/aromatic N) is 1. The van der Waals surface area contributed by atoms with Crippen molar-refractivity contribution in [3.63, 3.8) is 0 Å². The molecule has 0 atom stereocenters. The number of alkyl halides is 6. The predicted octanol–water partition coefficient (Wildman–Crippen LogP) is 11.1. The van der Waals surface area contributed by atoms with Crippen molar-refractivity contribution in [2.24, 2.45) is 11.8 Å². The fourth-order valence-corrected chi connectivity index (χ4v) is 5.54. The van der Waals surface area contributed by atoms with E-state index < -0.39 is 34.3 Å². The summed E-state index contributed by atoms with van der Waals surface area (Å²) in [5.41, 5.74) is 0.957. The molecule has 0 saturated heterocycles. The number of hydrogen-bond donors (Lipinski definition) is 1. The zero-order valence-corrected chi connectivity index (χ0v) is 26.6. The molecular formula is C35H46F6N2. The topological polar surface area (TPSA) is 15.3 Å². The van der Waals surface area contributed by atoms with E-state index >= 15 is 0 Å². The fourth-order valence-electron chi connectivity index (χ4n) is 5.54. The number of halogens is 6. The van der Waals surface area contributed by atoms with Crippen molar-refractivity contribution >= 4 is 11.4 Å². The van der Waals surface area contributed by atoms with Gasteiger partial charge in [-0.1, -0.05) is 67.5 Å². The van der Waals surface area contributed by atoms with Crippen LogP contribution in [0.15, 0.2) is 60.3 Å². The normalized spacial score (nSPS) is 16.7. The molecule has 0 unspecified atom stereocenters. The van der Waals surface area contributed by atoms with Crippen LogP contribution in [0, 0.1) is 11.8 Å². The average molecular weight is 609 g/mol. The first-order valence-electron chi connectivity index (χ1n) is 15.1. The van der Waals surface area contributed by atoms with Crippen LogP contribution in [0.5, 0.6) is 0 Å². The minimum absolute atomic E-state index is 0.412. The van der Waals surface area contributed by atoms with Crippen molar-refractivity contribution in [1.29, 1.82) is 0 Å². The van der Waals surface area contributed by atoms with Crippen LogP contribution >= 0.6 is 0 Å². The maximum absolute atomic E-state index is 13.6. The molecule has 3 rings (SSSR count). The minimum Gasteiger partial charge on any atom is -0.385 e. The monoisotopic (exact) mass is 608 g/mol. The maximum atomic E-state index is 13.6. The molecule has 8 heteroatoms.